The monoisotopic (exact) mass is 1310 g/mol. The van der Waals surface area contributed by atoms with Crippen molar-refractivity contribution in [3.8, 4) is 0 Å². The first kappa shape index (κ1) is 104. The zero-order chi connectivity index (χ0) is 69.7. The summed E-state index contributed by atoms with van der Waals surface area (Å²) in [6.45, 7) is 11.7. The molecule has 526 valence electrons. The molecular formula is C48H113N19O20S. The van der Waals surface area contributed by atoms with Crippen molar-refractivity contribution in [1.82, 2.24) is 53.2 Å². The molecule has 40 heteroatoms. The van der Waals surface area contributed by atoms with Gasteiger partial charge in [-0.05, 0) is 176 Å². The zero-order valence-corrected chi connectivity index (χ0v) is 51.7. The number of carboxylic acids is 10. The maximum Gasteiger partial charge on any atom is 0.322 e. The molecule has 38 N–H and O–H groups in total. The van der Waals surface area contributed by atoms with Gasteiger partial charge in [0, 0.05) is 0 Å². The summed E-state index contributed by atoms with van der Waals surface area (Å²) < 4.78 is 0. The number of hydrogen-bond acceptors (Lipinski definition) is 29. The van der Waals surface area contributed by atoms with E-state index in [1.807, 2.05) is 0 Å². The van der Waals surface area contributed by atoms with Crippen LogP contribution in [0.25, 0.3) is 0 Å². The van der Waals surface area contributed by atoms with Gasteiger partial charge in [0.1, 0.15) is 6.54 Å². The molecule has 0 aromatic heterocycles. The van der Waals surface area contributed by atoms with Gasteiger partial charge in [-0.15, -0.1) is 0 Å². The molecule has 0 bridgehead atoms. The van der Waals surface area contributed by atoms with Crippen LogP contribution >= 0.6 is 12.2 Å². The highest BCUT2D eigenvalue weighted by atomic mass is 32.1. The van der Waals surface area contributed by atoms with Crippen molar-refractivity contribution in [3.05, 3.63) is 0 Å². The zero-order valence-electron chi connectivity index (χ0n) is 50.9. The maximum absolute atomic E-state index is 9.87. The number of carbonyl (C=O) groups is 10. The van der Waals surface area contributed by atoms with Gasteiger partial charge >= 0.3 is 59.7 Å². The largest absolute Gasteiger partial charge is 0.480 e. The Bertz CT molecular complexity index is 1270. The second-order valence-corrected chi connectivity index (χ2v) is 16.5. The molecule has 0 saturated carbocycles. The fourth-order valence-electron chi connectivity index (χ4n) is 3.93. The van der Waals surface area contributed by atoms with E-state index >= 15 is 0 Å². The molecule has 0 heterocycles. The molecule has 0 aromatic carbocycles. The van der Waals surface area contributed by atoms with Crippen LogP contribution in [0.2, 0.25) is 0 Å². The number of carboxylic acid groups (broad SMARTS) is 10. The van der Waals surface area contributed by atoms with Crippen molar-refractivity contribution in [1.29, 1.82) is 0 Å². The van der Waals surface area contributed by atoms with Crippen LogP contribution in [0.3, 0.4) is 0 Å². The molecule has 0 spiro atoms. The topological polar surface area (TPSA) is 727 Å². The molecule has 0 aliphatic rings. The first-order valence-electron chi connectivity index (χ1n) is 27.7. The lowest BCUT2D eigenvalue weighted by Crippen LogP contribution is -2.24. The van der Waals surface area contributed by atoms with E-state index in [-0.39, 0.29) is 65.4 Å². The standard InChI is InChI=1S/9C5H12N2O2.C3H5NO2S/c9*6-2-1-3-7-4-5(8)9;5-3(6)1-4-2-7/h9*7H,1-4,6H2,(H,8,9);2H,1H2,(H,4,7)(H,5,6). The van der Waals surface area contributed by atoms with E-state index < -0.39 is 59.7 Å². The molecule has 0 aromatic rings. The lowest BCUT2D eigenvalue weighted by molar-refractivity contribution is -0.136. The van der Waals surface area contributed by atoms with Crippen molar-refractivity contribution in [3.63, 3.8) is 0 Å². The van der Waals surface area contributed by atoms with Crippen LogP contribution in [0.15, 0.2) is 0 Å². The van der Waals surface area contributed by atoms with Gasteiger partial charge in [-0.2, -0.15) is 0 Å². The van der Waals surface area contributed by atoms with E-state index in [9.17, 15) is 47.9 Å². The third-order valence-corrected chi connectivity index (χ3v) is 8.01. The minimum absolute atomic E-state index is 0.0278. The second kappa shape index (κ2) is 99.9. The molecule has 0 fully saturated rings. The number of aliphatic carboxylic acids is 10. The quantitative estimate of drug-likeness (QED) is 0.0199. The molecule has 0 radical (unpaired) electrons. The van der Waals surface area contributed by atoms with Crippen LogP contribution in [-0.2, 0) is 47.9 Å². The van der Waals surface area contributed by atoms with Crippen molar-refractivity contribution >= 4 is 77.4 Å². The summed E-state index contributed by atoms with van der Waals surface area (Å²) in [6.07, 6.45) is 7.44. The minimum atomic E-state index is -0.902. The van der Waals surface area contributed by atoms with Crippen LogP contribution in [0, 0.1) is 0 Å². The predicted molar refractivity (Wildman–Crippen MR) is 337 cm³/mol. The van der Waals surface area contributed by atoms with E-state index in [1.54, 1.807) is 0 Å². The van der Waals surface area contributed by atoms with E-state index in [0.717, 1.165) is 57.8 Å². The molecule has 0 amide bonds. The first-order chi connectivity index (χ1) is 41.7. The minimum Gasteiger partial charge on any atom is -0.480 e. The highest BCUT2D eigenvalue weighted by Gasteiger charge is 1.98. The smallest absolute Gasteiger partial charge is 0.322 e. The van der Waals surface area contributed by atoms with E-state index in [0.29, 0.717) is 118 Å². The van der Waals surface area contributed by atoms with E-state index in [2.05, 4.69) is 65.4 Å². The molecule has 39 nitrogen and oxygen atoms in total. The van der Waals surface area contributed by atoms with Gasteiger partial charge in [0.2, 0.25) is 0 Å². The molecule has 0 unspecified atom stereocenters. The Hall–Kier alpha value is -6.13. The number of thiocarbonyl (C=S) groups is 1. The highest BCUT2D eigenvalue weighted by molar-refractivity contribution is 7.78. The number of hydrogen-bond donors (Lipinski definition) is 29. The van der Waals surface area contributed by atoms with Crippen molar-refractivity contribution in [2.45, 2.75) is 57.8 Å². The average Bonchev–Trinajstić information content (AvgIpc) is 3.45. The molecule has 0 rings (SSSR count). The summed E-state index contributed by atoms with van der Waals surface area (Å²) in [4.78, 5) is 98.4. The Morgan fingerprint density at radius 1 is 0.227 bits per heavy atom. The second-order valence-electron chi connectivity index (χ2n) is 16.3. The van der Waals surface area contributed by atoms with Gasteiger partial charge in [0.25, 0.3) is 0 Å². The Morgan fingerprint density at radius 2 is 0.330 bits per heavy atom. The Morgan fingerprint density at radius 3 is 0.386 bits per heavy atom. The van der Waals surface area contributed by atoms with E-state index in [4.69, 9.17) is 103 Å². The molecule has 0 aliphatic carbocycles. The Labute approximate surface area is 520 Å². The summed E-state index contributed by atoms with van der Waals surface area (Å²) in [5.74, 6) is -8.34. The number of nitrogens with one attached hydrogen (secondary N) is 10. The number of rotatable bonds is 48. The Balaban J connectivity index is -0.0000000961. The third-order valence-electron chi connectivity index (χ3n) is 7.84. The van der Waals surface area contributed by atoms with Gasteiger partial charge in [0.15, 0.2) is 0 Å². The molecular weight excluding hydrogens is 1190 g/mol. The average molecular weight is 1310 g/mol. The normalized spacial score (nSPS) is 9.28. The van der Waals surface area contributed by atoms with Gasteiger partial charge in [0.05, 0.1) is 64.4 Å². The van der Waals surface area contributed by atoms with E-state index in [1.165, 1.54) is 5.49 Å². The third kappa shape index (κ3) is 185. The molecule has 0 aliphatic heterocycles. The maximum atomic E-state index is 9.87. The lowest BCUT2D eigenvalue weighted by Gasteiger charge is -1.96. The molecule has 0 saturated heterocycles. The van der Waals surface area contributed by atoms with Crippen molar-refractivity contribution in [2.75, 3.05) is 183 Å². The summed E-state index contributed by atoms with van der Waals surface area (Å²) in [5.41, 5.74) is 47.6. The Kier molecular flexibility index (Phi) is 118. The molecule has 88 heavy (non-hydrogen) atoms. The van der Waals surface area contributed by atoms with Crippen molar-refractivity contribution < 1.29 is 99.0 Å². The van der Waals surface area contributed by atoms with Gasteiger partial charge in [-0.3, -0.25) is 47.9 Å². The van der Waals surface area contributed by atoms with Crippen LogP contribution in [-0.4, -0.2) is 300 Å². The SMILES string of the molecule is NCCCNCC(=O)O.NCCCNCC(=O)O.NCCCNCC(=O)O.NCCCNCC(=O)O.NCCCNCC(=O)O.NCCCNCC(=O)O.NCCCNCC(=O)O.NCCCNCC(=O)O.NCCCNCC(=O)O.O=C(O)CNC=S. The van der Waals surface area contributed by atoms with Gasteiger partial charge in [-0.25, -0.2) is 0 Å². The summed E-state index contributed by atoms with van der Waals surface area (Å²) in [6, 6.07) is 0. The summed E-state index contributed by atoms with van der Waals surface area (Å²) >= 11 is 4.27. The first-order valence-corrected chi connectivity index (χ1v) is 28.2. The van der Waals surface area contributed by atoms with Gasteiger partial charge in [-0.1, -0.05) is 12.2 Å². The van der Waals surface area contributed by atoms with Crippen LogP contribution < -0.4 is 105 Å². The lowest BCUT2D eigenvalue weighted by atomic mass is 10.4. The fourth-order valence-corrected chi connectivity index (χ4v) is 4.01. The fraction of sp³-hybridized carbons (Fsp3) is 0.771. The van der Waals surface area contributed by atoms with Crippen LogP contribution in [0.1, 0.15) is 57.8 Å². The highest BCUT2D eigenvalue weighted by Crippen LogP contribution is 1.74. The summed E-state index contributed by atoms with van der Waals surface area (Å²) in [7, 11) is 0. The van der Waals surface area contributed by atoms with Crippen molar-refractivity contribution in [2.24, 2.45) is 51.6 Å². The van der Waals surface area contributed by atoms with Gasteiger partial charge < -0.3 is 156 Å². The molecule has 0 atom stereocenters. The summed E-state index contributed by atoms with van der Waals surface area (Å²) in [5, 5.41) is 108. The number of nitrogens with two attached hydrogens (primary N) is 9. The predicted octanol–water partition coefficient (Wildman–Crippen LogP) is -9.30. The van der Waals surface area contributed by atoms with Crippen LogP contribution in [0.4, 0.5) is 0 Å². The van der Waals surface area contributed by atoms with Crippen LogP contribution in [0.5, 0.6) is 0 Å².